The second-order valence-corrected chi connectivity index (χ2v) is 3.85. The molecule has 0 spiro atoms. The summed E-state index contributed by atoms with van der Waals surface area (Å²) in [6.45, 7) is 2.41. The molecule has 4 nitrogen and oxygen atoms in total. The van der Waals surface area contributed by atoms with Gasteiger partial charge in [-0.05, 0) is 25.1 Å². The molecule has 0 fully saturated rings. The summed E-state index contributed by atoms with van der Waals surface area (Å²) in [4.78, 5) is 0. The van der Waals surface area contributed by atoms with E-state index in [4.69, 9.17) is 32.2 Å². The zero-order valence-corrected chi connectivity index (χ0v) is 10.0. The first-order valence-electron chi connectivity index (χ1n) is 4.84. The highest BCUT2D eigenvalue weighted by Gasteiger charge is 2.07. The number of nitrogen functional groups attached to an aromatic ring is 1. The molecule has 0 saturated heterocycles. The third-order valence-corrected chi connectivity index (χ3v) is 2.28. The molecular weight excluding hydrogens is 228 g/mol. The molecule has 1 aromatic rings. The maximum Gasteiger partial charge on any atom is 0.124 e. The van der Waals surface area contributed by atoms with Crippen LogP contribution in [0.4, 0.5) is 0 Å². The largest absolute Gasteiger partial charge is 0.488 e. The van der Waals surface area contributed by atoms with E-state index in [0.29, 0.717) is 22.9 Å². The highest BCUT2D eigenvalue weighted by atomic mass is 35.5. The highest BCUT2D eigenvalue weighted by molar-refractivity contribution is 6.34. The van der Waals surface area contributed by atoms with Gasteiger partial charge >= 0.3 is 0 Å². The van der Waals surface area contributed by atoms with Crippen molar-refractivity contribution in [2.75, 3.05) is 13.7 Å². The molecule has 5 heteroatoms. The first-order valence-corrected chi connectivity index (χ1v) is 5.22. The van der Waals surface area contributed by atoms with Crippen LogP contribution in [0.25, 0.3) is 0 Å². The summed E-state index contributed by atoms with van der Waals surface area (Å²) < 4.78 is 10.5. The van der Waals surface area contributed by atoms with E-state index in [2.05, 4.69) is 0 Å². The van der Waals surface area contributed by atoms with Gasteiger partial charge in [-0.3, -0.25) is 5.41 Å². The second kappa shape index (κ2) is 5.72. The lowest BCUT2D eigenvalue weighted by Gasteiger charge is -2.14. The SMILES string of the molecule is COCC(C)Oc1ccc(C(=N)N)c(Cl)c1. The number of rotatable bonds is 5. The maximum atomic E-state index is 7.29. The fourth-order valence-corrected chi connectivity index (χ4v) is 1.56. The Balaban J connectivity index is 2.77. The lowest BCUT2D eigenvalue weighted by Crippen LogP contribution is -2.18. The number of nitrogens with one attached hydrogen (secondary N) is 1. The third-order valence-electron chi connectivity index (χ3n) is 1.97. The Labute approximate surface area is 99.8 Å². The molecule has 0 saturated carbocycles. The summed E-state index contributed by atoms with van der Waals surface area (Å²) in [6, 6.07) is 5.04. The Kier molecular flexibility index (Phi) is 4.58. The summed E-state index contributed by atoms with van der Waals surface area (Å²) in [5.74, 6) is 0.584. The Bertz CT molecular complexity index is 382. The average Bonchev–Trinajstić information content (AvgIpc) is 2.17. The molecule has 0 amide bonds. The van der Waals surface area contributed by atoms with Crippen molar-refractivity contribution in [3.8, 4) is 5.75 Å². The van der Waals surface area contributed by atoms with Crippen LogP contribution >= 0.6 is 11.6 Å². The van der Waals surface area contributed by atoms with E-state index in [1.807, 2.05) is 6.92 Å². The standard InChI is InChI=1S/C11H15ClN2O2/c1-7(6-15-2)16-8-3-4-9(11(13)14)10(12)5-8/h3-5,7H,6H2,1-2H3,(H3,13,14). The molecule has 0 aromatic heterocycles. The summed E-state index contributed by atoms with van der Waals surface area (Å²) in [7, 11) is 1.62. The van der Waals surface area contributed by atoms with Crippen molar-refractivity contribution >= 4 is 17.4 Å². The van der Waals surface area contributed by atoms with E-state index in [1.54, 1.807) is 25.3 Å². The minimum absolute atomic E-state index is 0.0516. The van der Waals surface area contributed by atoms with Gasteiger partial charge in [0.15, 0.2) is 0 Å². The van der Waals surface area contributed by atoms with Crippen molar-refractivity contribution in [1.82, 2.24) is 0 Å². The van der Waals surface area contributed by atoms with Crippen molar-refractivity contribution < 1.29 is 9.47 Å². The van der Waals surface area contributed by atoms with Crippen LogP contribution in [0, 0.1) is 5.41 Å². The molecule has 3 N–H and O–H groups in total. The van der Waals surface area contributed by atoms with Crippen LogP contribution in [-0.4, -0.2) is 25.7 Å². The van der Waals surface area contributed by atoms with Gasteiger partial charge in [-0.1, -0.05) is 11.6 Å². The molecule has 88 valence electrons. The van der Waals surface area contributed by atoms with Crippen molar-refractivity contribution in [2.24, 2.45) is 5.73 Å². The Morgan fingerprint density at radius 2 is 2.25 bits per heavy atom. The van der Waals surface area contributed by atoms with Gasteiger partial charge in [0.05, 0.1) is 11.6 Å². The molecule has 0 bridgehead atoms. The predicted molar refractivity (Wildman–Crippen MR) is 64.4 cm³/mol. The molecule has 1 aromatic carbocycles. The molecule has 0 aliphatic heterocycles. The average molecular weight is 243 g/mol. The molecule has 16 heavy (non-hydrogen) atoms. The Morgan fingerprint density at radius 1 is 1.56 bits per heavy atom. The number of amidine groups is 1. The molecule has 1 rings (SSSR count). The van der Waals surface area contributed by atoms with Crippen molar-refractivity contribution in [1.29, 1.82) is 5.41 Å². The van der Waals surface area contributed by atoms with Gasteiger partial charge in [0, 0.05) is 12.7 Å². The van der Waals surface area contributed by atoms with Crippen LogP contribution in [0.3, 0.4) is 0 Å². The summed E-state index contributed by atoms with van der Waals surface area (Å²) in [5, 5.41) is 7.70. The fraction of sp³-hybridized carbons (Fsp3) is 0.364. The van der Waals surface area contributed by atoms with Crippen molar-refractivity contribution in [2.45, 2.75) is 13.0 Å². The number of methoxy groups -OCH3 is 1. The van der Waals surface area contributed by atoms with E-state index >= 15 is 0 Å². The summed E-state index contributed by atoms with van der Waals surface area (Å²) in [6.07, 6.45) is -0.0516. The minimum atomic E-state index is -0.0542. The number of benzene rings is 1. The first kappa shape index (κ1) is 12.8. The van der Waals surface area contributed by atoms with Crippen LogP contribution in [0.15, 0.2) is 18.2 Å². The fourth-order valence-electron chi connectivity index (χ4n) is 1.29. The maximum absolute atomic E-state index is 7.29. The van der Waals surface area contributed by atoms with Gasteiger partial charge in [-0.25, -0.2) is 0 Å². The molecule has 0 radical (unpaired) electrons. The van der Waals surface area contributed by atoms with E-state index < -0.39 is 0 Å². The Hall–Kier alpha value is -1.26. The number of halogens is 1. The number of hydrogen-bond donors (Lipinski definition) is 2. The van der Waals surface area contributed by atoms with Gasteiger partial charge in [-0.15, -0.1) is 0 Å². The highest BCUT2D eigenvalue weighted by Crippen LogP contribution is 2.22. The number of hydrogen-bond acceptors (Lipinski definition) is 3. The third kappa shape index (κ3) is 3.40. The smallest absolute Gasteiger partial charge is 0.124 e. The predicted octanol–water partition coefficient (Wildman–Crippen LogP) is 2.04. The molecule has 1 unspecified atom stereocenters. The molecule has 0 aliphatic rings. The van der Waals surface area contributed by atoms with Crippen LogP contribution in [0.5, 0.6) is 5.75 Å². The second-order valence-electron chi connectivity index (χ2n) is 3.44. The van der Waals surface area contributed by atoms with Gasteiger partial charge in [-0.2, -0.15) is 0 Å². The Morgan fingerprint density at radius 3 is 2.75 bits per heavy atom. The zero-order chi connectivity index (χ0) is 12.1. The van der Waals surface area contributed by atoms with Crippen LogP contribution in [-0.2, 0) is 4.74 Å². The molecular formula is C11H15ClN2O2. The number of nitrogens with two attached hydrogens (primary N) is 1. The quantitative estimate of drug-likeness (QED) is 0.613. The van der Waals surface area contributed by atoms with Crippen LogP contribution < -0.4 is 10.5 Å². The van der Waals surface area contributed by atoms with Crippen molar-refractivity contribution in [3.05, 3.63) is 28.8 Å². The molecule has 1 atom stereocenters. The summed E-state index contributed by atoms with van der Waals surface area (Å²) >= 11 is 5.95. The van der Waals surface area contributed by atoms with E-state index in [0.717, 1.165) is 0 Å². The topological polar surface area (TPSA) is 68.3 Å². The normalized spacial score (nSPS) is 12.2. The minimum Gasteiger partial charge on any atom is -0.488 e. The summed E-state index contributed by atoms with van der Waals surface area (Å²) in [5.41, 5.74) is 5.86. The lowest BCUT2D eigenvalue weighted by molar-refractivity contribution is 0.0921. The van der Waals surface area contributed by atoms with Crippen LogP contribution in [0.1, 0.15) is 12.5 Å². The van der Waals surface area contributed by atoms with Crippen LogP contribution in [0.2, 0.25) is 5.02 Å². The molecule has 0 aliphatic carbocycles. The van der Waals surface area contributed by atoms with E-state index in [1.165, 1.54) is 0 Å². The van der Waals surface area contributed by atoms with Gasteiger partial charge in [0.1, 0.15) is 17.7 Å². The lowest BCUT2D eigenvalue weighted by atomic mass is 10.2. The van der Waals surface area contributed by atoms with Gasteiger partial charge in [0.25, 0.3) is 0 Å². The van der Waals surface area contributed by atoms with E-state index in [9.17, 15) is 0 Å². The van der Waals surface area contributed by atoms with Gasteiger partial charge in [0.2, 0.25) is 0 Å². The van der Waals surface area contributed by atoms with E-state index in [-0.39, 0.29) is 11.9 Å². The van der Waals surface area contributed by atoms with Gasteiger partial charge < -0.3 is 15.2 Å². The first-order chi connectivity index (χ1) is 7.54. The van der Waals surface area contributed by atoms with Crippen molar-refractivity contribution in [3.63, 3.8) is 0 Å². The zero-order valence-electron chi connectivity index (χ0n) is 9.29. The monoisotopic (exact) mass is 242 g/mol. The number of ether oxygens (including phenoxy) is 2. The molecule has 0 heterocycles.